The van der Waals surface area contributed by atoms with Crippen LogP contribution in [0.4, 0.5) is 0 Å². The zero-order valence-corrected chi connectivity index (χ0v) is 11.0. The summed E-state index contributed by atoms with van der Waals surface area (Å²) in [6, 6.07) is 5.13. The number of aromatic nitrogens is 1. The van der Waals surface area contributed by atoms with E-state index in [1.54, 1.807) is 0 Å². The van der Waals surface area contributed by atoms with Gasteiger partial charge in [0.25, 0.3) is 0 Å². The van der Waals surface area contributed by atoms with Gasteiger partial charge in [0.1, 0.15) is 0 Å². The molecule has 2 rings (SSSR count). The summed E-state index contributed by atoms with van der Waals surface area (Å²) in [5, 5.41) is 12.6. The van der Waals surface area contributed by atoms with Crippen molar-refractivity contribution >= 4 is 0 Å². The number of hydrogen-bond donors (Lipinski definition) is 2. The first-order chi connectivity index (χ1) is 8.79. The molecule has 100 valence electrons. The molecule has 2 heterocycles. The lowest BCUT2D eigenvalue weighted by molar-refractivity contribution is 0.182. The third kappa shape index (κ3) is 3.77. The Hall–Kier alpha value is -0.970. The van der Waals surface area contributed by atoms with E-state index in [2.05, 4.69) is 34.3 Å². The van der Waals surface area contributed by atoms with Gasteiger partial charge in [-0.15, -0.1) is 0 Å². The van der Waals surface area contributed by atoms with Gasteiger partial charge in [-0.1, -0.05) is 0 Å². The first-order valence-corrected chi connectivity index (χ1v) is 6.77. The summed E-state index contributed by atoms with van der Waals surface area (Å²) in [6.07, 6.45) is 5.69. The number of nitrogens with one attached hydrogen (secondary N) is 1. The molecular formula is C14H23N3O. The van der Waals surface area contributed by atoms with E-state index >= 15 is 0 Å². The molecule has 1 aromatic rings. The SMILES string of the molecule is CC1CCNC(CCO)CN1Cc1ccncc1. The fourth-order valence-electron chi connectivity index (χ4n) is 2.50. The fraction of sp³-hybridized carbons (Fsp3) is 0.643. The molecule has 2 N–H and O–H groups in total. The summed E-state index contributed by atoms with van der Waals surface area (Å²) < 4.78 is 0. The second-order valence-electron chi connectivity index (χ2n) is 5.09. The van der Waals surface area contributed by atoms with Gasteiger partial charge in [0.2, 0.25) is 0 Å². The summed E-state index contributed by atoms with van der Waals surface area (Å²) in [5.74, 6) is 0. The molecule has 1 fully saturated rings. The Morgan fingerprint density at radius 1 is 1.44 bits per heavy atom. The van der Waals surface area contributed by atoms with Crippen molar-refractivity contribution in [3.63, 3.8) is 0 Å². The lowest BCUT2D eigenvalue weighted by Crippen LogP contribution is -2.40. The summed E-state index contributed by atoms with van der Waals surface area (Å²) in [4.78, 5) is 6.55. The van der Waals surface area contributed by atoms with Crippen LogP contribution in [0.15, 0.2) is 24.5 Å². The minimum atomic E-state index is 0.259. The van der Waals surface area contributed by atoms with Gasteiger partial charge >= 0.3 is 0 Å². The van der Waals surface area contributed by atoms with Gasteiger partial charge < -0.3 is 10.4 Å². The topological polar surface area (TPSA) is 48.4 Å². The highest BCUT2D eigenvalue weighted by Gasteiger charge is 2.22. The van der Waals surface area contributed by atoms with Crippen molar-refractivity contribution in [1.82, 2.24) is 15.2 Å². The first kappa shape index (κ1) is 13.5. The molecule has 0 spiro atoms. The first-order valence-electron chi connectivity index (χ1n) is 6.77. The smallest absolute Gasteiger partial charge is 0.0446 e. The normalized spacial score (nSPS) is 25.9. The quantitative estimate of drug-likeness (QED) is 0.836. The predicted octanol–water partition coefficient (Wildman–Crippen LogP) is 1.02. The Kier molecular flexibility index (Phi) is 5.11. The molecule has 0 amide bonds. The molecule has 1 aliphatic rings. The molecule has 0 saturated carbocycles. The Labute approximate surface area is 109 Å². The summed E-state index contributed by atoms with van der Waals surface area (Å²) in [5.41, 5.74) is 1.31. The highest BCUT2D eigenvalue weighted by molar-refractivity contribution is 5.09. The van der Waals surface area contributed by atoms with Gasteiger partial charge in [0.15, 0.2) is 0 Å². The number of nitrogens with zero attached hydrogens (tertiary/aromatic N) is 2. The van der Waals surface area contributed by atoms with Crippen LogP contribution in [0.3, 0.4) is 0 Å². The van der Waals surface area contributed by atoms with Crippen molar-refractivity contribution in [2.24, 2.45) is 0 Å². The minimum Gasteiger partial charge on any atom is -0.396 e. The van der Waals surface area contributed by atoms with Crippen molar-refractivity contribution < 1.29 is 5.11 Å². The van der Waals surface area contributed by atoms with Crippen LogP contribution in [0.1, 0.15) is 25.3 Å². The van der Waals surface area contributed by atoms with E-state index in [-0.39, 0.29) is 6.61 Å². The van der Waals surface area contributed by atoms with Crippen molar-refractivity contribution in [1.29, 1.82) is 0 Å². The van der Waals surface area contributed by atoms with Crippen LogP contribution in [0.25, 0.3) is 0 Å². The molecule has 4 nitrogen and oxygen atoms in total. The molecule has 18 heavy (non-hydrogen) atoms. The van der Waals surface area contributed by atoms with Crippen LogP contribution < -0.4 is 5.32 Å². The van der Waals surface area contributed by atoms with E-state index in [4.69, 9.17) is 5.11 Å². The van der Waals surface area contributed by atoms with Crippen molar-refractivity contribution in [3.05, 3.63) is 30.1 Å². The van der Waals surface area contributed by atoms with Crippen LogP contribution in [0.2, 0.25) is 0 Å². The molecule has 4 heteroatoms. The Bertz CT molecular complexity index is 344. The third-order valence-corrected chi connectivity index (χ3v) is 3.69. The Balaban J connectivity index is 1.99. The molecule has 1 aliphatic heterocycles. The van der Waals surface area contributed by atoms with E-state index in [0.717, 1.165) is 32.5 Å². The second kappa shape index (κ2) is 6.83. The van der Waals surface area contributed by atoms with Gasteiger partial charge in [0, 0.05) is 44.2 Å². The Morgan fingerprint density at radius 3 is 2.94 bits per heavy atom. The number of rotatable bonds is 4. The maximum atomic E-state index is 9.09. The summed E-state index contributed by atoms with van der Waals surface area (Å²) >= 11 is 0. The average molecular weight is 249 g/mol. The van der Waals surface area contributed by atoms with E-state index in [9.17, 15) is 0 Å². The molecule has 0 aromatic carbocycles. The van der Waals surface area contributed by atoms with Crippen LogP contribution in [0.5, 0.6) is 0 Å². The van der Waals surface area contributed by atoms with E-state index in [0.29, 0.717) is 12.1 Å². The number of hydrogen-bond acceptors (Lipinski definition) is 4. The lowest BCUT2D eigenvalue weighted by atomic mass is 10.1. The van der Waals surface area contributed by atoms with Crippen LogP contribution >= 0.6 is 0 Å². The van der Waals surface area contributed by atoms with Gasteiger partial charge in [0.05, 0.1) is 0 Å². The molecule has 2 atom stereocenters. The average Bonchev–Trinajstić information content (AvgIpc) is 2.54. The van der Waals surface area contributed by atoms with E-state index in [1.165, 1.54) is 5.56 Å². The molecule has 0 bridgehead atoms. The minimum absolute atomic E-state index is 0.259. The highest BCUT2D eigenvalue weighted by Crippen LogP contribution is 2.14. The Morgan fingerprint density at radius 2 is 2.22 bits per heavy atom. The number of aliphatic hydroxyl groups is 1. The van der Waals surface area contributed by atoms with Crippen LogP contribution in [0, 0.1) is 0 Å². The van der Waals surface area contributed by atoms with E-state index < -0.39 is 0 Å². The van der Waals surface area contributed by atoms with Crippen molar-refractivity contribution in [2.45, 2.75) is 38.4 Å². The van der Waals surface area contributed by atoms with Gasteiger partial charge in [-0.25, -0.2) is 0 Å². The number of aliphatic hydroxyl groups excluding tert-OH is 1. The molecule has 2 unspecified atom stereocenters. The maximum absolute atomic E-state index is 9.09. The van der Waals surface area contributed by atoms with Crippen LogP contribution in [-0.2, 0) is 6.54 Å². The zero-order chi connectivity index (χ0) is 12.8. The molecule has 0 radical (unpaired) electrons. The van der Waals surface area contributed by atoms with Gasteiger partial charge in [-0.2, -0.15) is 0 Å². The largest absolute Gasteiger partial charge is 0.396 e. The number of pyridine rings is 1. The molecule has 1 aromatic heterocycles. The van der Waals surface area contributed by atoms with Crippen molar-refractivity contribution in [2.75, 3.05) is 19.7 Å². The monoisotopic (exact) mass is 249 g/mol. The lowest BCUT2D eigenvalue weighted by Gasteiger charge is -2.29. The van der Waals surface area contributed by atoms with Gasteiger partial charge in [-0.05, 0) is 44.0 Å². The summed E-state index contributed by atoms with van der Waals surface area (Å²) in [7, 11) is 0. The molecule has 0 aliphatic carbocycles. The van der Waals surface area contributed by atoms with Gasteiger partial charge in [-0.3, -0.25) is 9.88 Å². The standard InChI is InChI=1S/C14H23N3O/c1-12-2-8-16-14(5-9-18)11-17(12)10-13-3-6-15-7-4-13/h3-4,6-7,12,14,16,18H,2,5,8-11H2,1H3. The highest BCUT2D eigenvalue weighted by atomic mass is 16.3. The predicted molar refractivity (Wildman–Crippen MR) is 72.2 cm³/mol. The molecular weight excluding hydrogens is 226 g/mol. The maximum Gasteiger partial charge on any atom is 0.0446 e. The van der Waals surface area contributed by atoms with Crippen LogP contribution in [-0.4, -0.2) is 46.8 Å². The van der Waals surface area contributed by atoms with Crippen molar-refractivity contribution in [3.8, 4) is 0 Å². The molecule has 1 saturated heterocycles. The second-order valence-corrected chi connectivity index (χ2v) is 5.09. The van der Waals surface area contributed by atoms with E-state index in [1.807, 2.05) is 12.4 Å². The third-order valence-electron chi connectivity index (χ3n) is 3.69. The fourth-order valence-corrected chi connectivity index (χ4v) is 2.50. The summed E-state index contributed by atoms with van der Waals surface area (Å²) in [6.45, 7) is 5.55. The zero-order valence-electron chi connectivity index (χ0n) is 11.0.